The fourth-order valence-electron chi connectivity index (χ4n) is 6.35. The normalized spacial score (nSPS) is 19.0. The van der Waals surface area contributed by atoms with Gasteiger partial charge in [-0.1, -0.05) is 35.9 Å². The van der Waals surface area contributed by atoms with Crippen LogP contribution in [0.4, 0.5) is 33.0 Å². The quantitative estimate of drug-likeness (QED) is 0.209. The van der Waals surface area contributed by atoms with E-state index in [0.29, 0.717) is 5.39 Å². The third-order valence-corrected chi connectivity index (χ3v) is 8.97. The van der Waals surface area contributed by atoms with E-state index in [9.17, 15) is 33.1 Å². The maximum absolute atomic E-state index is 16.7. The van der Waals surface area contributed by atoms with Crippen LogP contribution in [-0.4, -0.2) is 98.4 Å². The van der Waals surface area contributed by atoms with Gasteiger partial charge in [-0.2, -0.15) is 15.2 Å². The van der Waals surface area contributed by atoms with E-state index in [2.05, 4.69) is 15.0 Å². The number of benzene rings is 2. The van der Waals surface area contributed by atoms with Gasteiger partial charge in [0.2, 0.25) is 0 Å². The summed E-state index contributed by atoms with van der Waals surface area (Å²) < 4.78 is 71.6. The lowest BCUT2D eigenvalue weighted by atomic mass is 10.0. The number of aromatic nitrogens is 3. The van der Waals surface area contributed by atoms with Crippen LogP contribution in [-0.2, 0) is 4.74 Å². The highest BCUT2D eigenvalue weighted by Crippen LogP contribution is 2.39. The van der Waals surface area contributed by atoms with Gasteiger partial charge in [-0.25, -0.2) is 27.2 Å². The monoisotopic (exact) mass is 729 g/mol. The summed E-state index contributed by atoms with van der Waals surface area (Å²) in [4.78, 5) is 41.5. The molecule has 2 fully saturated rings. The Morgan fingerprint density at radius 1 is 1.12 bits per heavy atom. The summed E-state index contributed by atoms with van der Waals surface area (Å²) >= 11 is 6.33. The summed E-state index contributed by atoms with van der Waals surface area (Å²) in [6.07, 6.45) is -1.73. The van der Waals surface area contributed by atoms with Crippen LogP contribution in [0.5, 0.6) is 6.01 Å². The lowest BCUT2D eigenvalue weighted by molar-refractivity contribution is -0.00277. The van der Waals surface area contributed by atoms with E-state index in [1.54, 1.807) is 37.8 Å². The lowest BCUT2D eigenvalue weighted by Crippen LogP contribution is -2.55. The second kappa shape index (κ2) is 13.5. The van der Waals surface area contributed by atoms with Crippen molar-refractivity contribution in [3.8, 4) is 23.3 Å². The number of nitriles is 1. The largest absolute Gasteiger partial charge is 0.465 e. The number of ether oxygens (including phenoxy) is 2. The summed E-state index contributed by atoms with van der Waals surface area (Å²) in [5.74, 6) is -4.81. The number of fused-ring (bicyclic) bond motifs is 2. The fraction of sp³-hybridized carbons (Fsp3) is 0.412. The molecule has 51 heavy (non-hydrogen) atoms. The first-order valence-electron chi connectivity index (χ1n) is 15.9. The van der Waals surface area contributed by atoms with E-state index >= 15 is 4.39 Å². The molecule has 0 bridgehead atoms. The molecule has 0 saturated carbocycles. The zero-order chi connectivity index (χ0) is 36.8. The Labute approximate surface area is 294 Å². The Bertz CT molecular complexity index is 2080. The number of carboxylic acid groups (broad SMARTS) is 1. The number of pyridine rings is 1. The highest BCUT2D eigenvalue weighted by Gasteiger charge is 2.48. The van der Waals surface area contributed by atoms with Crippen LogP contribution in [0.2, 0.25) is 5.02 Å². The molecular formula is C34H32ClF4N7O5. The van der Waals surface area contributed by atoms with Crippen molar-refractivity contribution in [1.29, 1.82) is 5.26 Å². The number of piperazine rings is 1. The lowest BCUT2D eigenvalue weighted by Gasteiger charge is -2.39. The van der Waals surface area contributed by atoms with Gasteiger partial charge in [-0.3, -0.25) is 9.88 Å². The van der Waals surface area contributed by atoms with Crippen molar-refractivity contribution in [2.24, 2.45) is 0 Å². The fourth-order valence-corrected chi connectivity index (χ4v) is 6.63. The standard InChI is InChI=1S/C34H32ClF4N7O5/c1-33(2,3)51-32(49)46-17-34(38,39)13-20(46)16-50-30-42-28-22(29(43-30)44-11-12-45(31(47)48)19(15-44)9-10-40)14-41-27(26(28)37)21-6-4-5-18-7-8-23(36)25(35)24(18)21/h4-8,14,19-20H,9,11-13,15-17H2,1-3H3,(H,47,48)/t19-,20-/m0/s1. The molecule has 1 N–H and O–H groups in total. The number of carbonyl (C=O) groups is 2. The van der Waals surface area contributed by atoms with Crippen molar-refractivity contribution in [3.63, 3.8) is 0 Å². The zero-order valence-corrected chi connectivity index (χ0v) is 28.4. The van der Waals surface area contributed by atoms with Gasteiger partial charge in [0.25, 0.3) is 5.92 Å². The SMILES string of the molecule is CC(C)(C)OC(=O)N1CC(F)(F)C[C@H]1COc1nc(N2CCN(C(=O)O)[C@@H](CC#N)C2)c2cnc(-c3cccc4ccc(F)c(Cl)c34)c(F)c2n1. The molecular weight excluding hydrogens is 698 g/mol. The van der Waals surface area contributed by atoms with Crippen LogP contribution in [0.15, 0.2) is 36.5 Å². The van der Waals surface area contributed by atoms with Crippen LogP contribution < -0.4 is 9.64 Å². The number of alkyl halides is 2. The van der Waals surface area contributed by atoms with Crippen molar-refractivity contribution in [2.45, 2.75) is 57.2 Å². The second-order valence-corrected chi connectivity index (χ2v) is 13.7. The molecule has 4 heterocycles. The Kier molecular flexibility index (Phi) is 9.45. The molecule has 2 saturated heterocycles. The Morgan fingerprint density at radius 3 is 2.59 bits per heavy atom. The predicted octanol–water partition coefficient (Wildman–Crippen LogP) is 6.88. The summed E-state index contributed by atoms with van der Waals surface area (Å²) in [5, 5.41) is 19.7. The number of nitrogens with zero attached hydrogens (tertiary/aromatic N) is 7. The number of amides is 2. The van der Waals surface area contributed by atoms with E-state index in [4.69, 9.17) is 21.1 Å². The number of hydrogen-bond acceptors (Lipinski definition) is 9. The molecule has 0 aliphatic carbocycles. The van der Waals surface area contributed by atoms with E-state index in [0.717, 1.165) is 9.80 Å². The molecule has 0 unspecified atom stereocenters. The van der Waals surface area contributed by atoms with Gasteiger partial charge >= 0.3 is 18.2 Å². The van der Waals surface area contributed by atoms with Crippen LogP contribution in [0.1, 0.15) is 33.6 Å². The first kappa shape index (κ1) is 35.6. The number of rotatable bonds is 6. The van der Waals surface area contributed by atoms with E-state index < -0.39 is 73.0 Å². The molecule has 0 radical (unpaired) electrons. The van der Waals surface area contributed by atoms with Crippen LogP contribution in [0, 0.1) is 23.0 Å². The van der Waals surface area contributed by atoms with Crippen molar-refractivity contribution in [2.75, 3.05) is 37.7 Å². The predicted molar refractivity (Wildman–Crippen MR) is 178 cm³/mol. The van der Waals surface area contributed by atoms with Gasteiger partial charge in [0, 0.05) is 43.2 Å². The molecule has 2 aliphatic heterocycles. The maximum Gasteiger partial charge on any atom is 0.410 e. The van der Waals surface area contributed by atoms with Crippen molar-refractivity contribution >= 4 is 51.3 Å². The molecule has 2 amide bonds. The third-order valence-electron chi connectivity index (χ3n) is 8.60. The topological polar surface area (TPSA) is 145 Å². The molecule has 268 valence electrons. The molecule has 0 spiro atoms. The summed E-state index contributed by atoms with van der Waals surface area (Å²) in [7, 11) is 0. The molecule has 2 aliphatic rings. The highest BCUT2D eigenvalue weighted by atomic mass is 35.5. The first-order valence-corrected chi connectivity index (χ1v) is 16.3. The van der Waals surface area contributed by atoms with Crippen LogP contribution in [0.25, 0.3) is 32.9 Å². The minimum atomic E-state index is -3.23. The molecule has 4 aromatic rings. The van der Waals surface area contributed by atoms with Crippen molar-refractivity contribution < 1.29 is 41.7 Å². The van der Waals surface area contributed by atoms with E-state index in [-0.39, 0.29) is 64.4 Å². The second-order valence-electron chi connectivity index (χ2n) is 13.3. The minimum Gasteiger partial charge on any atom is -0.465 e. The molecule has 2 aromatic carbocycles. The van der Waals surface area contributed by atoms with Crippen LogP contribution in [0.3, 0.4) is 0 Å². The molecule has 2 atom stereocenters. The number of likely N-dealkylation sites (tertiary alicyclic amines) is 1. The number of anilines is 1. The number of halogens is 5. The number of carbonyl (C=O) groups excluding carboxylic acids is 1. The van der Waals surface area contributed by atoms with E-state index in [1.165, 1.54) is 24.4 Å². The Balaban J connectivity index is 1.44. The first-order chi connectivity index (χ1) is 24.1. The smallest absolute Gasteiger partial charge is 0.410 e. The molecule has 12 nitrogen and oxygen atoms in total. The summed E-state index contributed by atoms with van der Waals surface area (Å²) in [6, 6.07) is 7.16. The number of hydrogen-bond donors (Lipinski definition) is 1. The van der Waals surface area contributed by atoms with Gasteiger partial charge in [0.1, 0.15) is 35.1 Å². The van der Waals surface area contributed by atoms with Crippen LogP contribution >= 0.6 is 11.6 Å². The van der Waals surface area contributed by atoms with E-state index in [1.807, 2.05) is 6.07 Å². The molecule has 6 rings (SSSR count). The van der Waals surface area contributed by atoms with Gasteiger partial charge in [-0.05, 0) is 32.2 Å². The van der Waals surface area contributed by atoms with Crippen molar-refractivity contribution in [1.82, 2.24) is 24.8 Å². The Morgan fingerprint density at radius 2 is 1.88 bits per heavy atom. The van der Waals surface area contributed by atoms with Gasteiger partial charge in [0.05, 0.1) is 41.5 Å². The van der Waals surface area contributed by atoms with Gasteiger partial charge < -0.3 is 24.4 Å². The molecule has 2 aromatic heterocycles. The average Bonchev–Trinajstić information content (AvgIpc) is 3.39. The summed E-state index contributed by atoms with van der Waals surface area (Å²) in [6.45, 7) is 3.48. The van der Waals surface area contributed by atoms with Gasteiger partial charge in [-0.15, -0.1) is 0 Å². The minimum absolute atomic E-state index is 0.00569. The maximum atomic E-state index is 16.7. The Hall–Kier alpha value is -5.17. The highest BCUT2D eigenvalue weighted by molar-refractivity contribution is 6.36. The van der Waals surface area contributed by atoms with Gasteiger partial charge in [0.15, 0.2) is 5.82 Å². The third kappa shape index (κ3) is 7.21. The average molecular weight is 730 g/mol. The van der Waals surface area contributed by atoms with Crippen molar-refractivity contribution in [3.05, 3.63) is 53.2 Å². The molecule has 17 heteroatoms. The zero-order valence-electron chi connectivity index (χ0n) is 27.7. The summed E-state index contributed by atoms with van der Waals surface area (Å²) in [5.41, 5.74) is -1.29.